The number of carbonyl (C=O) groups excluding carboxylic acids is 1. The molecule has 2 atom stereocenters. The van der Waals surface area contributed by atoms with Gasteiger partial charge in [0, 0.05) is 13.0 Å². The molecule has 2 aliphatic rings. The van der Waals surface area contributed by atoms with E-state index >= 15 is 0 Å². The molecule has 0 aromatic carbocycles. The Kier molecular flexibility index (Phi) is 3.41. The van der Waals surface area contributed by atoms with Crippen LogP contribution in [-0.4, -0.2) is 22.5 Å². The van der Waals surface area contributed by atoms with Gasteiger partial charge in [0.25, 0.3) is 0 Å². The van der Waals surface area contributed by atoms with Crippen LogP contribution in [-0.2, 0) is 9.53 Å². The first-order valence-electron chi connectivity index (χ1n) is 6.82. The van der Waals surface area contributed by atoms with E-state index in [-0.39, 0.29) is 17.8 Å². The summed E-state index contributed by atoms with van der Waals surface area (Å²) in [7, 11) is 0. The van der Waals surface area contributed by atoms with Gasteiger partial charge >= 0.3 is 0 Å². The first kappa shape index (κ1) is 11.8. The second kappa shape index (κ2) is 5.18. The molecule has 0 amide bonds. The highest BCUT2D eigenvalue weighted by atomic mass is 16.5. The van der Waals surface area contributed by atoms with Crippen LogP contribution in [0.5, 0.6) is 0 Å². The van der Waals surface area contributed by atoms with Gasteiger partial charge in [-0.05, 0) is 25.7 Å². The molecule has 1 aliphatic carbocycles. The highest BCUT2D eigenvalue weighted by molar-refractivity contribution is 5.84. The van der Waals surface area contributed by atoms with Gasteiger partial charge in [-0.3, -0.25) is 4.79 Å². The average Bonchev–Trinajstić information content (AvgIpc) is 3.00. The van der Waals surface area contributed by atoms with Crippen LogP contribution in [0.25, 0.3) is 0 Å². The van der Waals surface area contributed by atoms with Crippen molar-refractivity contribution in [2.75, 3.05) is 6.61 Å². The van der Waals surface area contributed by atoms with Crippen molar-refractivity contribution in [3.05, 3.63) is 11.7 Å². The van der Waals surface area contributed by atoms with E-state index in [0.29, 0.717) is 18.1 Å². The summed E-state index contributed by atoms with van der Waals surface area (Å²) in [6.07, 6.45) is 6.59. The van der Waals surface area contributed by atoms with Crippen molar-refractivity contribution in [3.8, 4) is 0 Å². The van der Waals surface area contributed by atoms with Crippen LogP contribution in [0, 0.1) is 0 Å². The lowest BCUT2D eigenvalue weighted by Gasteiger charge is -2.06. The maximum Gasteiger partial charge on any atom is 0.237 e. The zero-order valence-electron chi connectivity index (χ0n) is 10.4. The predicted octanol–water partition coefficient (Wildman–Crippen LogP) is 2.54. The zero-order valence-corrected chi connectivity index (χ0v) is 10.4. The Bertz CT molecular complexity index is 424. The first-order valence-corrected chi connectivity index (χ1v) is 6.82. The van der Waals surface area contributed by atoms with Crippen molar-refractivity contribution in [2.24, 2.45) is 0 Å². The van der Waals surface area contributed by atoms with E-state index in [1.54, 1.807) is 0 Å². The Labute approximate surface area is 106 Å². The molecule has 1 saturated carbocycles. The quantitative estimate of drug-likeness (QED) is 0.755. The Morgan fingerprint density at radius 2 is 2.06 bits per heavy atom. The molecule has 2 fully saturated rings. The lowest BCUT2D eigenvalue weighted by molar-refractivity contribution is -0.120. The van der Waals surface area contributed by atoms with Gasteiger partial charge in [0.2, 0.25) is 11.7 Å². The van der Waals surface area contributed by atoms with Gasteiger partial charge in [-0.25, -0.2) is 0 Å². The molecule has 0 N–H and O–H groups in total. The first-order chi connectivity index (χ1) is 8.84. The number of ketones is 1. The number of aromatic nitrogens is 2. The molecule has 98 valence electrons. The molecule has 5 heteroatoms. The predicted molar refractivity (Wildman–Crippen MR) is 63.1 cm³/mol. The monoisotopic (exact) mass is 250 g/mol. The molecule has 1 aromatic rings. The lowest BCUT2D eigenvalue weighted by Crippen LogP contribution is -2.11. The summed E-state index contributed by atoms with van der Waals surface area (Å²) in [6.45, 7) is 0.761. The molecular weight excluding hydrogens is 232 g/mol. The summed E-state index contributed by atoms with van der Waals surface area (Å²) >= 11 is 0. The lowest BCUT2D eigenvalue weighted by atomic mass is 9.99. The van der Waals surface area contributed by atoms with Gasteiger partial charge in [-0.2, -0.15) is 4.98 Å². The van der Waals surface area contributed by atoms with Crippen molar-refractivity contribution in [3.63, 3.8) is 0 Å². The standard InChI is InChI=1S/C13H18N2O3/c16-10-6-3-1-2-5-9(10)13-14-12(15-18-13)11-7-4-8-17-11/h9,11H,1-8H2. The Morgan fingerprint density at radius 1 is 1.11 bits per heavy atom. The molecule has 5 nitrogen and oxygen atoms in total. The van der Waals surface area contributed by atoms with Crippen LogP contribution in [0.3, 0.4) is 0 Å². The fourth-order valence-corrected chi connectivity index (χ4v) is 2.72. The number of hydrogen-bond acceptors (Lipinski definition) is 5. The third-order valence-electron chi connectivity index (χ3n) is 3.78. The third-order valence-corrected chi connectivity index (χ3v) is 3.78. The van der Waals surface area contributed by atoms with Crippen molar-refractivity contribution < 1.29 is 14.1 Å². The minimum atomic E-state index is -0.185. The number of hydrogen-bond donors (Lipinski definition) is 0. The maximum absolute atomic E-state index is 12.0. The van der Waals surface area contributed by atoms with E-state index in [4.69, 9.17) is 9.26 Å². The molecule has 0 radical (unpaired) electrons. The van der Waals surface area contributed by atoms with Crippen molar-refractivity contribution >= 4 is 5.78 Å². The molecule has 18 heavy (non-hydrogen) atoms. The fourth-order valence-electron chi connectivity index (χ4n) is 2.72. The number of rotatable bonds is 2. The molecule has 1 aromatic heterocycles. The van der Waals surface area contributed by atoms with Gasteiger partial charge in [0.1, 0.15) is 11.9 Å². The van der Waals surface area contributed by atoms with Gasteiger partial charge in [-0.15, -0.1) is 0 Å². The second-order valence-electron chi connectivity index (χ2n) is 5.11. The fraction of sp³-hybridized carbons (Fsp3) is 0.769. The number of ether oxygens (including phenoxy) is 1. The summed E-state index contributed by atoms with van der Waals surface area (Å²) < 4.78 is 10.8. The number of nitrogens with zero attached hydrogens (tertiary/aromatic N) is 2. The van der Waals surface area contributed by atoms with Crippen LogP contribution < -0.4 is 0 Å². The van der Waals surface area contributed by atoms with Crippen LogP contribution in [0.1, 0.15) is 68.7 Å². The Balaban J connectivity index is 1.76. The molecule has 0 bridgehead atoms. The van der Waals surface area contributed by atoms with Crippen molar-refractivity contribution in [1.82, 2.24) is 10.1 Å². The summed E-state index contributed by atoms with van der Waals surface area (Å²) in [4.78, 5) is 16.4. The van der Waals surface area contributed by atoms with Crippen LogP contribution >= 0.6 is 0 Å². The molecule has 3 rings (SSSR count). The van der Waals surface area contributed by atoms with Gasteiger partial charge < -0.3 is 9.26 Å². The van der Waals surface area contributed by atoms with Crippen LogP contribution in [0.15, 0.2) is 4.52 Å². The molecular formula is C13H18N2O3. The molecule has 2 unspecified atom stereocenters. The highest BCUT2D eigenvalue weighted by Crippen LogP contribution is 2.31. The minimum Gasteiger partial charge on any atom is -0.370 e. The van der Waals surface area contributed by atoms with Gasteiger partial charge in [-0.1, -0.05) is 18.0 Å². The molecule has 2 heterocycles. The Hall–Kier alpha value is -1.23. The van der Waals surface area contributed by atoms with E-state index in [1.165, 1.54) is 0 Å². The van der Waals surface area contributed by atoms with Gasteiger partial charge in [0.15, 0.2) is 0 Å². The van der Waals surface area contributed by atoms with E-state index in [9.17, 15) is 4.79 Å². The molecule has 1 saturated heterocycles. The summed E-state index contributed by atoms with van der Waals surface area (Å²) in [5, 5.41) is 3.98. The minimum absolute atomic E-state index is 0.0385. The molecule has 0 spiro atoms. The summed E-state index contributed by atoms with van der Waals surface area (Å²) in [5.74, 6) is 1.16. The Morgan fingerprint density at radius 3 is 2.89 bits per heavy atom. The smallest absolute Gasteiger partial charge is 0.237 e. The number of Topliss-reactive ketones (excluding diaryl/α,β-unsaturated/α-hetero) is 1. The van der Waals surface area contributed by atoms with E-state index in [2.05, 4.69) is 10.1 Å². The summed E-state index contributed by atoms with van der Waals surface area (Å²) in [6, 6.07) is 0. The third kappa shape index (κ3) is 2.32. The average molecular weight is 250 g/mol. The normalized spacial score (nSPS) is 29.4. The van der Waals surface area contributed by atoms with E-state index < -0.39 is 0 Å². The van der Waals surface area contributed by atoms with Crippen LogP contribution in [0.2, 0.25) is 0 Å². The van der Waals surface area contributed by atoms with Gasteiger partial charge in [0.05, 0.1) is 5.92 Å². The number of carbonyl (C=O) groups is 1. The zero-order chi connectivity index (χ0) is 12.4. The van der Waals surface area contributed by atoms with E-state index in [1.807, 2.05) is 0 Å². The largest absolute Gasteiger partial charge is 0.370 e. The molecule has 1 aliphatic heterocycles. The topological polar surface area (TPSA) is 65.2 Å². The summed E-state index contributed by atoms with van der Waals surface area (Å²) in [5.41, 5.74) is 0. The maximum atomic E-state index is 12.0. The van der Waals surface area contributed by atoms with Crippen LogP contribution in [0.4, 0.5) is 0 Å². The second-order valence-corrected chi connectivity index (χ2v) is 5.11. The highest BCUT2D eigenvalue weighted by Gasteiger charge is 2.30. The van der Waals surface area contributed by atoms with Crippen molar-refractivity contribution in [2.45, 2.75) is 57.0 Å². The van der Waals surface area contributed by atoms with Crippen molar-refractivity contribution in [1.29, 1.82) is 0 Å². The SMILES string of the molecule is O=C1CCCCCC1c1nc(C2CCCO2)no1. The van der Waals surface area contributed by atoms with E-state index in [0.717, 1.165) is 45.1 Å².